The van der Waals surface area contributed by atoms with Gasteiger partial charge in [-0.2, -0.15) is 0 Å². The number of rotatable bonds is 11. The molecule has 7 aromatic rings. The van der Waals surface area contributed by atoms with Crippen molar-refractivity contribution >= 4 is 52.7 Å². The van der Waals surface area contributed by atoms with E-state index >= 15 is 0 Å². The summed E-state index contributed by atoms with van der Waals surface area (Å²) in [7, 11) is 0. The molecule has 1 aliphatic carbocycles. The summed E-state index contributed by atoms with van der Waals surface area (Å²) in [5, 5.41) is 0. The Bertz CT molecular complexity index is 2670. The highest BCUT2D eigenvalue weighted by molar-refractivity contribution is 5.82. The van der Waals surface area contributed by atoms with Crippen LogP contribution >= 0.6 is 0 Å². The van der Waals surface area contributed by atoms with Gasteiger partial charge in [-0.3, -0.25) is 0 Å². The first-order valence-electron chi connectivity index (χ1n) is 21.1. The lowest BCUT2D eigenvalue weighted by molar-refractivity contribution is 0.719. The maximum absolute atomic E-state index is 2.41. The first kappa shape index (κ1) is 39.9. The molecule has 2 heteroatoms. The summed E-state index contributed by atoms with van der Waals surface area (Å²) in [6, 6.07) is 59.8. The highest BCUT2D eigenvalue weighted by atomic mass is 15.2. The molecule has 0 bridgehead atoms. The maximum atomic E-state index is 2.41. The average molecular weight is 779 g/mol. The smallest absolute Gasteiger partial charge is 0.0490 e. The molecule has 1 atom stereocenters. The molecular weight excluding hydrogens is 725 g/mol. The second-order valence-corrected chi connectivity index (χ2v) is 16.4. The third-order valence-electron chi connectivity index (χ3n) is 11.4. The van der Waals surface area contributed by atoms with Crippen molar-refractivity contribution in [3.8, 4) is 11.1 Å². The van der Waals surface area contributed by atoms with Gasteiger partial charge in [0, 0.05) is 34.1 Å². The Balaban J connectivity index is 1.06. The van der Waals surface area contributed by atoms with Crippen molar-refractivity contribution in [3.63, 3.8) is 0 Å². The summed E-state index contributed by atoms with van der Waals surface area (Å²) in [6.07, 6.45) is 14.6. The third kappa shape index (κ3) is 9.35. The van der Waals surface area contributed by atoms with Crippen LogP contribution in [-0.2, 0) is 0 Å². The quantitative estimate of drug-likeness (QED) is 0.121. The molecule has 0 N–H and O–H groups in total. The van der Waals surface area contributed by atoms with Gasteiger partial charge < -0.3 is 9.80 Å². The van der Waals surface area contributed by atoms with E-state index in [0.717, 1.165) is 29.2 Å². The van der Waals surface area contributed by atoms with E-state index in [2.05, 4.69) is 252 Å². The van der Waals surface area contributed by atoms with Gasteiger partial charge in [-0.1, -0.05) is 169 Å². The molecule has 0 spiro atoms. The van der Waals surface area contributed by atoms with E-state index in [1.54, 1.807) is 0 Å². The standard InChI is InChI=1S/C58H54N2/c1-41-7-13-47(14-8-41)17-19-49-21-29-53(30-22-49)59(57-37-11-43(3)39-45(57)5)55-33-25-51(26-34-55)52-27-35-56(36-28-52)60(58-38-12-44(4)40-46(58)6)54-31-23-50(24-32-54)20-18-48-15-9-42(2)10-16-48/h7-11,13-40,44H,12H2,1-6H3/b19-17+,20-18+. The molecule has 0 fully saturated rings. The Morgan fingerprint density at radius 3 is 1.18 bits per heavy atom. The van der Waals surface area contributed by atoms with Gasteiger partial charge in [0.25, 0.3) is 0 Å². The normalized spacial score (nSPS) is 14.0. The Hall–Kier alpha value is -6.90. The predicted molar refractivity (Wildman–Crippen MR) is 260 cm³/mol. The minimum absolute atomic E-state index is 0.534. The minimum atomic E-state index is 0.534. The molecule has 0 heterocycles. The molecule has 0 aliphatic heterocycles. The molecule has 2 nitrogen and oxygen atoms in total. The maximum Gasteiger partial charge on any atom is 0.0490 e. The van der Waals surface area contributed by atoms with Crippen molar-refractivity contribution in [1.82, 2.24) is 0 Å². The number of aryl methyl sites for hydroxylation is 4. The fourth-order valence-corrected chi connectivity index (χ4v) is 8.03. The molecule has 0 saturated heterocycles. The zero-order valence-corrected chi connectivity index (χ0v) is 35.7. The summed E-state index contributed by atoms with van der Waals surface area (Å²) >= 11 is 0. The molecule has 0 radical (unpaired) electrons. The Labute approximate surface area is 357 Å². The lowest BCUT2D eigenvalue weighted by Gasteiger charge is -2.31. The van der Waals surface area contributed by atoms with Gasteiger partial charge in [0.1, 0.15) is 0 Å². The van der Waals surface area contributed by atoms with Crippen LogP contribution in [0.1, 0.15) is 64.8 Å². The molecule has 1 unspecified atom stereocenters. The van der Waals surface area contributed by atoms with Crippen molar-refractivity contribution in [2.75, 3.05) is 9.80 Å². The van der Waals surface area contributed by atoms with Gasteiger partial charge in [-0.25, -0.2) is 0 Å². The SMILES string of the molecule is CC1=CC(C)CC=C1N(c1ccc(/C=C/c2ccc(C)cc2)cc1)c1ccc(-c2ccc(N(c3ccc(/C=C/c4ccc(C)cc4)cc3)c3ccc(C)cc3C)cc2)cc1. The lowest BCUT2D eigenvalue weighted by atomic mass is 9.94. The molecule has 296 valence electrons. The van der Waals surface area contributed by atoms with Crippen LogP contribution in [0.15, 0.2) is 187 Å². The van der Waals surface area contributed by atoms with E-state index in [4.69, 9.17) is 0 Å². The number of allylic oxidation sites excluding steroid dienone is 3. The zero-order chi connectivity index (χ0) is 41.6. The summed E-state index contributed by atoms with van der Waals surface area (Å²) in [6.45, 7) is 13.1. The second kappa shape index (κ2) is 17.9. The molecule has 0 saturated carbocycles. The molecule has 1 aliphatic rings. The monoisotopic (exact) mass is 778 g/mol. The van der Waals surface area contributed by atoms with Gasteiger partial charge in [0.15, 0.2) is 0 Å². The van der Waals surface area contributed by atoms with E-state index in [0.29, 0.717) is 5.92 Å². The largest absolute Gasteiger partial charge is 0.311 e. The van der Waals surface area contributed by atoms with Crippen molar-refractivity contribution in [2.24, 2.45) is 5.92 Å². The van der Waals surface area contributed by atoms with Crippen molar-refractivity contribution in [2.45, 2.75) is 48.0 Å². The van der Waals surface area contributed by atoms with Crippen LogP contribution in [-0.4, -0.2) is 0 Å². The van der Waals surface area contributed by atoms with E-state index in [9.17, 15) is 0 Å². The third-order valence-corrected chi connectivity index (χ3v) is 11.4. The van der Waals surface area contributed by atoms with Gasteiger partial charge >= 0.3 is 0 Å². The van der Waals surface area contributed by atoms with Crippen LogP contribution in [0.25, 0.3) is 35.4 Å². The van der Waals surface area contributed by atoms with Crippen LogP contribution in [0, 0.1) is 33.6 Å². The fraction of sp³-hybridized carbons (Fsp3) is 0.138. The summed E-state index contributed by atoms with van der Waals surface area (Å²) in [5.41, 5.74) is 20.4. The van der Waals surface area contributed by atoms with E-state index < -0.39 is 0 Å². The highest BCUT2D eigenvalue weighted by Gasteiger charge is 2.20. The summed E-state index contributed by atoms with van der Waals surface area (Å²) < 4.78 is 0. The molecular formula is C58H54N2. The molecule has 7 aromatic carbocycles. The Morgan fingerprint density at radius 2 is 0.783 bits per heavy atom. The van der Waals surface area contributed by atoms with Crippen LogP contribution in [0.2, 0.25) is 0 Å². The first-order chi connectivity index (χ1) is 29.2. The summed E-state index contributed by atoms with van der Waals surface area (Å²) in [4.78, 5) is 4.77. The van der Waals surface area contributed by atoms with E-state index in [1.165, 1.54) is 72.6 Å². The van der Waals surface area contributed by atoms with Crippen molar-refractivity contribution in [1.29, 1.82) is 0 Å². The van der Waals surface area contributed by atoms with Crippen LogP contribution in [0.4, 0.5) is 28.4 Å². The molecule has 0 aromatic heterocycles. The molecule has 60 heavy (non-hydrogen) atoms. The van der Waals surface area contributed by atoms with Gasteiger partial charge in [-0.15, -0.1) is 0 Å². The Kier molecular flexibility index (Phi) is 11.9. The summed E-state index contributed by atoms with van der Waals surface area (Å²) in [5.74, 6) is 0.534. The number of anilines is 5. The first-order valence-corrected chi connectivity index (χ1v) is 21.1. The average Bonchev–Trinajstić information content (AvgIpc) is 3.26. The number of nitrogens with zero attached hydrogens (tertiary/aromatic N) is 2. The number of benzene rings is 7. The van der Waals surface area contributed by atoms with Crippen LogP contribution < -0.4 is 9.80 Å². The second-order valence-electron chi connectivity index (χ2n) is 16.4. The van der Waals surface area contributed by atoms with Gasteiger partial charge in [-0.05, 0) is 146 Å². The number of hydrogen-bond donors (Lipinski definition) is 0. The fourth-order valence-electron chi connectivity index (χ4n) is 8.03. The van der Waals surface area contributed by atoms with E-state index in [-0.39, 0.29) is 0 Å². The highest BCUT2D eigenvalue weighted by Crippen LogP contribution is 2.40. The minimum Gasteiger partial charge on any atom is -0.311 e. The van der Waals surface area contributed by atoms with Crippen molar-refractivity contribution in [3.05, 3.63) is 232 Å². The zero-order valence-electron chi connectivity index (χ0n) is 35.7. The predicted octanol–water partition coefficient (Wildman–Crippen LogP) is 16.4. The Morgan fingerprint density at radius 1 is 0.417 bits per heavy atom. The van der Waals surface area contributed by atoms with Gasteiger partial charge in [0.05, 0.1) is 0 Å². The van der Waals surface area contributed by atoms with Crippen LogP contribution in [0.3, 0.4) is 0 Å². The van der Waals surface area contributed by atoms with Crippen molar-refractivity contribution < 1.29 is 0 Å². The molecule has 8 rings (SSSR count). The number of hydrogen-bond acceptors (Lipinski definition) is 2. The topological polar surface area (TPSA) is 6.48 Å². The van der Waals surface area contributed by atoms with Crippen LogP contribution in [0.5, 0.6) is 0 Å². The molecule has 0 amide bonds. The van der Waals surface area contributed by atoms with Gasteiger partial charge in [0.2, 0.25) is 0 Å². The van der Waals surface area contributed by atoms with E-state index in [1.807, 2.05) is 0 Å². The lowest BCUT2D eigenvalue weighted by Crippen LogP contribution is -2.19.